The lowest BCUT2D eigenvalue weighted by molar-refractivity contribution is -0.384. The molecule has 2 aromatic carbocycles. The first-order valence-electron chi connectivity index (χ1n) is 8.12. The van der Waals surface area contributed by atoms with Crippen molar-refractivity contribution in [1.29, 1.82) is 0 Å². The maximum Gasteiger partial charge on any atom is 0.270 e. The van der Waals surface area contributed by atoms with Gasteiger partial charge < -0.3 is 14.8 Å². The zero-order valence-electron chi connectivity index (χ0n) is 13.8. The van der Waals surface area contributed by atoms with Crippen LogP contribution in [0.4, 0.5) is 11.4 Å². The Morgan fingerprint density at radius 1 is 1.35 bits per heavy atom. The Morgan fingerprint density at radius 2 is 2.19 bits per heavy atom. The summed E-state index contributed by atoms with van der Waals surface area (Å²) in [6.45, 7) is 1.10. The van der Waals surface area contributed by atoms with E-state index in [1.165, 1.54) is 24.3 Å². The molecule has 1 aliphatic heterocycles. The Morgan fingerprint density at radius 3 is 2.92 bits per heavy atom. The maximum absolute atomic E-state index is 12.5. The molecule has 0 aliphatic carbocycles. The molecule has 0 unspecified atom stereocenters. The van der Waals surface area contributed by atoms with Gasteiger partial charge in [-0.15, -0.1) is 0 Å². The van der Waals surface area contributed by atoms with Crippen molar-refractivity contribution in [1.82, 2.24) is 0 Å². The number of nitro benzene ring substituents is 1. The summed E-state index contributed by atoms with van der Waals surface area (Å²) in [5.41, 5.74) is 0.412. The Balaban J connectivity index is 1.75. The van der Waals surface area contributed by atoms with E-state index in [0.29, 0.717) is 23.1 Å². The van der Waals surface area contributed by atoms with Crippen molar-refractivity contribution in [2.75, 3.05) is 18.5 Å². The van der Waals surface area contributed by atoms with Crippen LogP contribution in [0, 0.1) is 10.1 Å². The summed E-state index contributed by atoms with van der Waals surface area (Å²) >= 11 is 6.02. The van der Waals surface area contributed by atoms with E-state index in [0.717, 1.165) is 19.4 Å². The number of hydrogen-bond acceptors (Lipinski definition) is 5. The summed E-state index contributed by atoms with van der Waals surface area (Å²) in [6.07, 6.45) is 1.97. The van der Waals surface area contributed by atoms with Crippen LogP contribution in [-0.4, -0.2) is 30.1 Å². The molecule has 0 spiro atoms. The first-order valence-corrected chi connectivity index (χ1v) is 8.50. The number of halogens is 1. The Hall–Kier alpha value is -2.64. The molecule has 0 radical (unpaired) electrons. The standard InChI is InChI=1S/C18H17ClN2O5/c19-13-6-7-17(26-11-15-5-2-8-25-15)16(10-13)20-18(22)12-3-1-4-14(9-12)21(23)24/h1,3-4,6-7,9-10,15H,2,5,8,11H2,(H,20,22)/t15-/m0/s1. The smallest absolute Gasteiger partial charge is 0.270 e. The van der Waals surface area contributed by atoms with E-state index in [4.69, 9.17) is 21.1 Å². The van der Waals surface area contributed by atoms with Crippen molar-refractivity contribution < 1.29 is 19.2 Å². The average Bonchev–Trinajstić information content (AvgIpc) is 3.14. The minimum atomic E-state index is -0.549. The lowest BCUT2D eigenvalue weighted by Crippen LogP contribution is -2.18. The highest BCUT2D eigenvalue weighted by atomic mass is 35.5. The molecule has 0 aromatic heterocycles. The van der Waals surface area contributed by atoms with Gasteiger partial charge in [0.15, 0.2) is 0 Å². The number of nitrogens with one attached hydrogen (secondary N) is 1. The van der Waals surface area contributed by atoms with Gasteiger partial charge in [0.2, 0.25) is 0 Å². The molecule has 1 fully saturated rings. The molecule has 1 saturated heterocycles. The molecule has 8 heteroatoms. The van der Waals surface area contributed by atoms with E-state index in [2.05, 4.69) is 5.32 Å². The Labute approximate surface area is 155 Å². The third-order valence-corrected chi connectivity index (χ3v) is 4.19. The molecule has 1 heterocycles. The molecule has 1 atom stereocenters. The van der Waals surface area contributed by atoms with Crippen molar-refractivity contribution in [2.24, 2.45) is 0 Å². The number of non-ortho nitro benzene ring substituents is 1. The number of anilines is 1. The normalized spacial score (nSPS) is 16.3. The monoisotopic (exact) mass is 376 g/mol. The molecule has 1 aliphatic rings. The molecule has 0 bridgehead atoms. The predicted octanol–water partition coefficient (Wildman–Crippen LogP) is 4.06. The van der Waals surface area contributed by atoms with Crippen molar-refractivity contribution in [3.8, 4) is 5.75 Å². The van der Waals surface area contributed by atoms with Crippen LogP contribution in [0.3, 0.4) is 0 Å². The van der Waals surface area contributed by atoms with E-state index in [9.17, 15) is 14.9 Å². The zero-order valence-corrected chi connectivity index (χ0v) is 14.6. The molecule has 1 amide bonds. The van der Waals surface area contributed by atoms with E-state index < -0.39 is 10.8 Å². The van der Waals surface area contributed by atoms with Crippen LogP contribution in [-0.2, 0) is 4.74 Å². The van der Waals surface area contributed by atoms with Gasteiger partial charge in [-0.2, -0.15) is 0 Å². The number of carbonyl (C=O) groups excluding carboxylic acids is 1. The van der Waals surface area contributed by atoms with Crippen molar-refractivity contribution in [2.45, 2.75) is 18.9 Å². The van der Waals surface area contributed by atoms with E-state index >= 15 is 0 Å². The number of amides is 1. The number of nitrogens with zero attached hydrogens (tertiary/aromatic N) is 1. The number of benzene rings is 2. The molecular formula is C18H17ClN2O5. The second-order valence-corrected chi connectivity index (χ2v) is 6.28. The molecule has 2 aromatic rings. The zero-order chi connectivity index (χ0) is 18.5. The summed E-state index contributed by atoms with van der Waals surface area (Å²) in [7, 11) is 0. The summed E-state index contributed by atoms with van der Waals surface area (Å²) in [4.78, 5) is 22.8. The van der Waals surface area contributed by atoms with Gasteiger partial charge in [0.25, 0.3) is 11.6 Å². The van der Waals surface area contributed by atoms with Crippen LogP contribution in [0.1, 0.15) is 23.2 Å². The minimum Gasteiger partial charge on any atom is -0.489 e. The van der Waals surface area contributed by atoms with Gasteiger partial charge in [-0.25, -0.2) is 0 Å². The van der Waals surface area contributed by atoms with Gasteiger partial charge >= 0.3 is 0 Å². The number of hydrogen-bond donors (Lipinski definition) is 1. The number of ether oxygens (including phenoxy) is 2. The van der Waals surface area contributed by atoms with E-state index in [1.807, 2.05) is 0 Å². The summed E-state index contributed by atoms with van der Waals surface area (Å²) < 4.78 is 11.3. The van der Waals surface area contributed by atoms with Crippen molar-refractivity contribution >= 4 is 28.9 Å². The SMILES string of the molecule is O=C(Nc1cc(Cl)ccc1OC[C@@H]1CCCO1)c1cccc([N+](=O)[O-])c1. The fourth-order valence-corrected chi connectivity index (χ4v) is 2.81. The number of rotatable bonds is 6. The Bertz CT molecular complexity index is 821. The van der Waals surface area contributed by atoms with Crippen LogP contribution >= 0.6 is 11.6 Å². The van der Waals surface area contributed by atoms with Crippen LogP contribution in [0.5, 0.6) is 5.75 Å². The summed E-state index contributed by atoms with van der Waals surface area (Å²) in [5.74, 6) is -0.0263. The predicted molar refractivity (Wildman–Crippen MR) is 97.0 cm³/mol. The molecule has 26 heavy (non-hydrogen) atoms. The highest BCUT2D eigenvalue weighted by Crippen LogP contribution is 2.29. The molecular weight excluding hydrogens is 360 g/mol. The summed E-state index contributed by atoms with van der Waals surface area (Å²) in [5, 5.41) is 14.0. The van der Waals surface area contributed by atoms with Crippen LogP contribution in [0.2, 0.25) is 5.02 Å². The molecule has 1 N–H and O–H groups in total. The average molecular weight is 377 g/mol. The van der Waals surface area contributed by atoms with Crippen molar-refractivity contribution in [3.05, 3.63) is 63.2 Å². The van der Waals surface area contributed by atoms with Gasteiger partial charge in [-0.1, -0.05) is 17.7 Å². The van der Waals surface area contributed by atoms with Gasteiger partial charge in [-0.05, 0) is 37.1 Å². The van der Waals surface area contributed by atoms with Crippen molar-refractivity contribution in [3.63, 3.8) is 0 Å². The molecule has 7 nitrogen and oxygen atoms in total. The van der Waals surface area contributed by atoms with E-state index in [1.54, 1.807) is 18.2 Å². The second kappa shape index (κ2) is 8.16. The largest absolute Gasteiger partial charge is 0.489 e. The van der Waals surface area contributed by atoms with Gasteiger partial charge in [0.1, 0.15) is 12.4 Å². The molecule has 136 valence electrons. The fraction of sp³-hybridized carbons (Fsp3) is 0.278. The maximum atomic E-state index is 12.5. The topological polar surface area (TPSA) is 90.7 Å². The van der Waals surface area contributed by atoms with Crippen LogP contribution in [0.25, 0.3) is 0 Å². The minimum absolute atomic E-state index is 0.0333. The third-order valence-electron chi connectivity index (χ3n) is 3.96. The van der Waals surface area contributed by atoms with Gasteiger partial charge in [0.05, 0.1) is 16.7 Å². The Kier molecular flexibility index (Phi) is 5.70. The van der Waals surface area contributed by atoms with Crippen LogP contribution < -0.4 is 10.1 Å². The lowest BCUT2D eigenvalue weighted by Gasteiger charge is -2.15. The molecule has 0 saturated carbocycles. The fourth-order valence-electron chi connectivity index (χ4n) is 2.64. The number of carbonyl (C=O) groups is 1. The first kappa shape index (κ1) is 18.2. The lowest BCUT2D eigenvalue weighted by atomic mass is 10.2. The molecule has 3 rings (SSSR count). The third kappa shape index (κ3) is 4.50. The quantitative estimate of drug-likeness (QED) is 0.606. The summed E-state index contributed by atoms with van der Waals surface area (Å²) in [6, 6.07) is 10.4. The second-order valence-electron chi connectivity index (χ2n) is 5.85. The van der Waals surface area contributed by atoms with Gasteiger partial charge in [0, 0.05) is 29.3 Å². The first-order chi connectivity index (χ1) is 12.5. The van der Waals surface area contributed by atoms with Crippen LogP contribution in [0.15, 0.2) is 42.5 Å². The van der Waals surface area contributed by atoms with Gasteiger partial charge in [-0.3, -0.25) is 14.9 Å². The van der Waals surface area contributed by atoms with E-state index in [-0.39, 0.29) is 17.4 Å². The number of nitro groups is 1. The highest BCUT2D eigenvalue weighted by Gasteiger charge is 2.18. The highest BCUT2D eigenvalue weighted by molar-refractivity contribution is 6.31.